The lowest BCUT2D eigenvalue weighted by Gasteiger charge is -2.10. The Kier molecular flexibility index (Phi) is 7.08. The summed E-state index contributed by atoms with van der Waals surface area (Å²) in [5.41, 5.74) is 5.12. The Morgan fingerprint density at radius 3 is 2.50 bits per heavy atom. The summed E-state index contributed by atoms with van der Waals surface area (Å²) in [4.78, 5) is 25.2. The minimum absolute atomic E-state index is 0.255. The van der Waals surface area contributed by atoms with E-state index in [4.69, 9.17) is 16.3 Å². The molecule has 1 N–H and O–H groups in total. The molecule has 1 amide bonds. The van der Waals surface area contributed by atoms with Gasteiger partial charge in [0.15, 0.2) is 0 Å². The predicted octanol–water partition coefficient (Wildman–Crippen LogP) is 6.51. The van der Waals surface area contributed by atoms with Crippen molar-refractivity contribution in [2.24, 2.45) is 0 Å². The van der Waals surface area contributed by atoms with Crippen LogP contribution in [-0.2, 0) is 9.53 Å². The molecule has 0 bridgehead atoms. The van der Waals surface area contributed by atoms with Gasteiger partial charge in [-0.15, -0.1) is 11.3 Å². The van der Waals surface area contributed by atoms with Gasteiger partial charge in [0.2, 0.25) is 5.91 Å². The normalized spacial score (nSPS) is 10.9. The molecule has 0 saturated carbocycles. The SMILES string of the molecule is CCOC(=O)c1c(-c2ccc(C)cc2C)csc1NC(=O)/C=C/c1ccc(Cl)cc1. The summed E-state index contributed by atoms with van der Waals surface area (Å²) in [6.07, 6.45) is 3.11. The van der Waals surface area contributed by atoms with E-state index in [-0.39, 0.29) is 12.5 Å². The van der Waals surface area contributed by atoms with E-state index >= 15 is 0 Å². The van der Waals surface area contributed by atoms with Gasteiger partial charge in [0, 0.05) is 22.0 Å². The van der Waals surface area contributed by atoms with Crippen LogP contribution in [0.2, 0.25) is 5.02 Å². The Bertz CT molecular complexity index is 1100. The minimum Gasteiger partial charge on any atom is -0.462 e. The maximum absolute atomic E-state index is 12.7. The first-order valence-corrected chi connectivity index (χ1v) is 10.8. The van der Waals surface area contributed by atoms with Crippen LogP contribution < -0.4 is 5.32 Å². The smallest absolute Gasteiger partial charge is 0.341 e. The van der Waals surface area contributed by atoms with Crippen LogP contribution >= 0.6 is 22.9 Å². The van der Waals surface area contributed by atoms with Crippen molar-refractivity contribution in [2.75, 3.05) is 11.9 Å². The first-order chi connectivity index (χ1) is 14.4. The standard InChI is InChI=1S/C24H22ClNO3S/c1-4-29-24(28)22-20(19-11-5-15(2)13-16(19)3)14-30-23(22)26-21(27)12-8-17-6-9-18(25)10-7-17/h5-14H,4H2,1-3H3,(H,26,27)/b12-8+. The number of carbonyl (C=O) groups excluding carboxylic acids is 2. The Balaban J connectivity index is 1.90. The van der Waals surface area contributed by atoms with Crippen molar-refractivity contribution in [1.82, 2.24) is 0 Å². The molecule has 6 heteroatoms. The number of nitrogens with one attached hydrogen (secondary N) is 1. The van der Waals surface area contributed by atoms with Crippen LogP contribution in [0.15, 0.2) is 53.9 Å². The Morgan fingerprint density at radius 2 is 1.83 bits per heavy atom. The average molecular weight is 440 g/mol. The fourth-order valence-electron chi connectivity index (χ4n) is 3.07. The zero-order valence-electron chi connectivity index (χ0n) is 17.0. The summed E-state index contributed by atoms with van der Waals surface area (Å²) in [6.45, 7) is 6.04. The Morgan fingerprint density at radius 1 is 1.10 bits per heavy atom. The number of esters is 1. The van der Waals surface area contributed by atoms with Crippen molar-refractivity contribution in [2.45, 2.75) is 20.8 Å². The van der Waals surface area contributed by atoms with Crippen LogP contribution in [-0.4, -0.2) is 18.5 Å². The van der Waals surface area contributed by atoms with Gasteiger partial charge in [-0.2, -0.15) is 0 Å². The number of ether oxygens (including phenoxy) is 1. The van der Waals surface area contributed by atoms with E-state index in [9.17, 15) is 9.59 Å². The van der Waals surface area contributed by atoms with Gasteiger partial charge in [0.1, 0.15) is 10.6 Å². The third kappa shape index (κ3) is 5.17. The van der Waals surface area contributed by atoms with E-state index in [1.807, 2.05) is 43.5 Å². The zero-order chi connectivity index (χ0) is 21.7. The lowest BCUT2D eigenvalue weighted by molar-refractivity contribution is -0.111. The molecule has 154 valence electrons. The molecule has 3 rings (SSSR count). The molecule has 30 heavy (non-hydrogen) atoms. The summed E-state index contributed by atoms with van der Waals surface area (Å²) in [5.74, 6) is -0.782. The summed E-state index contributed by atoms with van der Waals surface area (Å²) in [5, 5.41) is 5.80. The van der Waals surface area contributed by atoms with Crippen molar-refractivity contribution in [3.05, 3.63) is 81.2 Å². The van der Waals surface area contributed by atoms with Gasteiger partial charge in [-0.3, -0.25) is 4.79 Å². The zero-order valence-corrected chi connectivity index (χ0v) is 18.6. The molecule has 3 aromatic rings. The molecule has 0 aliphatic rings. The molecule has 0 unspecified atom stereocenters. The highest BCUT2D eigenvalue weighted by atomic mass is 35.5. The molecule has 4 nitrogen and oxygen atoms in total. The van der Waals surface area contributed by atoms with Gasteiger partial charge in [0.25, 0.3) is 0 Å². The number of carbonyl (C=O) groups is 2. The third-order valence-electron chi connectivity index (χ3n) is 4.48. The van der Waals surface area contributed by atoms with Crippen LogP contribution in [0.1, 0.15) is 34.0 Å². The van der Waals surface area contributed by atoms with Crippen molar-refractivity contribution >= 4 is 45.9 Å². The lowest BCUT2D eigenvalue weighted by atomic mass is 9.97. The molecule has 2 aromatic carbocycles. The number of benzene rings is 2. The van der Waals surface area contributed by atoms with Crippen LogP contribution in [0, 0.1) is 13.8 Å². The van der Waals surface area contributed by atoms with E-state index in [2.05, 4.69) is 11.4 Å². The molecule has 0 aliphatic carbocycles. The first-order valence-electron chi connectivity index (χ1n) is 9.50. The topological polar surface area (TPSA) is 55.4 Å². The van der Waals surface area contributed by atoms with Gasteiger partial charge in [-0.05, 0) is 55.7 Å². The van der Waals surface area contributed by atoms with Crippen LogP contribution in [0.3, 0.4) is 0 Å². The van der Waals surface area contributed by atoms with E-state index in [0.717, 1.165) is 27.8 Å². The first kappa shape index (κ1) is 21.8. The molecule has 0 fully saturated rings. The molecule has 1 aromatic heterocycles. The highest BCUT2D eigenvalue weighted by Gasteiger charge is 2.23. The summed E-state index contributed by atoms with van der Waals surface area (Å²) in [6, 6.07) is 13.2. The highest BCUT2D eigenvalue weighted by molar-refractivity contribution is 7.15. The molecule has 0 aliphatic heterocycles. The molecular formula is C24H22ClNO3S. The van der Waals surface area contributed by atoms with Crippen molar-refractivity contribution in [3.63, 3.8) is 0 Å². The van der Waals surface area contributed by atoms with Crippen molar-refractivity contribution in [1.29, 1.82) is 0 Å². The van der Waals surface area contributed by atoms with Gasteiger partial charge in [0.05, 0.1) is 6.61 Å². The summed E-state index contributed by atoms with van der Waals surface area (Å²) in [7, 11) is 0. The molecule has 0 saturated heterocycles. The number of anilines is 1. The second-order valence-electron chi connectivity index (χ2n) is 6.77. The van der Waals surface area contributed by atoms with Crippen LogP contribution in [0.4, 0.5) is 5.00 Å². The number of halogens is 1. The fraction of sp³-hybridized carbons (Fsp3) is 0.167. The second kappa shape index (κ2) is 9.74. The molecule has 0 spiro atoms. The van der Waals surface area contributed by atoms with E-state index in [1.54, 1.807) is 25.1 Å². The number of hydrogen-bond acceptors (Lipinski definition) is 4. The van der Waals surface area contributed by atoms with Gasteiger partial charge in [-0.25, -0.2) is 4.79 Å². The lowest BCUT2D eigenvalue weighted by Crippen LogP contribution is -2.12. The minimum atomic E-state index is -0.453. The monoisotopic (exact) mass is 439 g/mol. The number of hydrogen-bond donors (Lipinski definition) is 1. The molecule has 1 heterocycles. The highest BCUT2D eigenvalue weighted by Crippen LogP contribution is 2.38. The van der Waals surface area contributed by atoms with E-state index in [1.165, 1.54) is 17.4 Å². The Labute approximate surface area is 185 Å². The quantitative estimate of drug-likeness (QED) is 0.351. The van der Waals surface area contributed by atoms with Crippen LogP contribution in [0.25, 0.3) is 17.2 Å². The summed E-state index contributed by atoms with van der Waals surface area (Å²) < 4.78 is 5.26. The van der Waals surface area contributed by atoms with E-state index < -0.39 is 5.97 Å². The number of rotatable bonds is 6. The maximum Gasteiger partial charge on any atom is 0.341 e. The number of aryl methyl sites for hydroxylation is 2. The van der Waals surface area contributed by atoms with Crippen molar-refractivity contribution < 1.29 is 14.3 Å². The predicted molar refractivity (Wildman–Crippen MR) is 124 cm³/mol. The number of amides is 1. The van der Waals surface area contributed by atoms with Gasteiger partial charge in [-0.1, -0.05) is 47.5 Å². The van der Waals surface area contributed by atoms with Crippen LogP contribution in [0.5, 0.6) is 0 Å². The van der Waals surface area contributed by atoms with Crippen molar-refractivity contribution in [3.8, 4) is 11.1 Å². The van der Waals surface area contributed by atoms with E-state index in [0.29, 0.717) is 15.6 Å². The molecule has 0 atom stereocenters. The fourth-order valence-corrected chi connectivity index (χ4v) is 4.15. The van der Waals surface area contributed by atoms with Gasteiger partial charge < -0.3 is 10.1 Å². The second-order valence-corrected chi connectivity index (χ2v) is 8.08. The van der Waals surface area contributed by atoms with Gasteiger partial charge >= 0.3 is 5.97 Å². The third-order valence-corrected chi connectivity index (χ3v) is 5.62. The maximum atomic E-state index is 12.7. The average Bonchev–Trinajstić information content (AvgIpc) is 3.11. The molecular weight excluding hydrogens is 418 g/mol. The number of thiophene rings is 1. The molecule has 0 radical (unpaired) electrons. The largest absolute Gasteiger partial charge is 0.462 e. The summed E-state index contributed by atoms with van der Waals surface area (Å²) >= 11 is 7.19. The Hall–Kier alpha value is -2.89.